The Morgan fingerprint density at radius 3 is 2.72 bits per heavy atom. The van der Waals surface area contributed by atoms with Crippen LogP contribution in [0.15, 0.2) is 16.9 Å². The Balaban J connectivity index is 1.71. The number of anilines is 1. The van der Waals surface area contributed by atoms with Crippen molar-refractivity contribution in [3.05, 3.63) is 38.8 Å². The standard InChI is InChI=1S/C16H19N5O3S/c1-9-14(15(24)20(2)3)25-16(17-9)18-12(22)8-21-13(23)7-6-11(19-21)10-4-5-10/h6-7,10H,4-5,8H2,1-3H3,(H,17,18,22). The summed E-state index contributed by atoms with van der Waals surface area (Å²) in [5.74, 6) is -0.165. The molecule has 9 heteroatoms. The van der Waals surface area contributed by atoms with Crippen LogP contribution in [0.1, 0.15) is 39.8 Å². The number of nitrogens with one attached hydrogen (secondary N) is 1. The van der Waals surface area contributed by atoms with Crippen LogP contribution in [0.25, 0.3) is 0 Å². The second-order valence-electron chi connectivity index (χ2n) is 6.21. The molecular formula is C16H19N5O3S. The van der Waals surface area contributed by atoms with E-state index in [1.54, 1.807) is 27.1 Å². The predicted octanol–water partition coefficient (Wildman–Crippen LogP) is 1.23. The molecule has 0 spiro atoms. The van der Waals surface area contributed by atoms with Crippen molar-refractivity contribution in [2.75, 3.05) is 19.4 Å². The summed E-state index contributed by atoms with van der Waals surface area (Å²) in [7, 11) is 3.31. The molecule has 3 rings (SSSR count). The molecular weight excluding hydrogens is 342 g/mol. The average molecular weight is 361 g/mol. The van der Waals surface area contributed by atoms with Gasteiger partial charge in [-0.25, -0.2) is 9.67 Å². The summed E-state index contributed by atoms with van der Waals surface area (Å²) in [6.45, 7) is 1.53. The van der Waals surface area contributed by atoms with Gasteiger partial charge in [0.1, 0.15) is 11.4 Å². The molecule has 0 radical (unpaired) electrons. The normalized spacial score (nSPS) is 13.6. The summed E-state index contributed by atoms with van der Waals surface area (Å²) in [5.41, 5.74) is 1.08. The molecule has 2 heterocycles. The van der Waals surface area contributed by atoms with Gasteiger partial charge in [-0.05, 0) is 25.8 Å². The maximum Gasteiger partial charge on any atom is 0.267 e. The molecule has 0 unspecified atom stereocenters. The summed E-state index contributed by atoms with van der Waals surface area (Å²) in [6.07, 6.45) is 2.14. The molecule has 1 N–H and O–H groups in total. The largest absolute Gasteiger partial charge is 0.344 e. The van der Waals surface area contributed by atoms with Gasteiger partial charge in [-0.3, -0.25) is 14.4 Å². The molecule has 0 bridgehead atoms. The molecule has 1 aliphatic carbocycles. The third-order valence-corrected chi connectivity index (χ3v) is 4.88. The lowest BCUT2D eigenvalue weighted by Crippen LogP contribution is -2.29. The zero-order chi connectivity index (χ0) is 18.1. The van der Waals surface area contributed by atoms with E-state index in [2.05, 4.69) is 15.4 Å². The van der Waals surface area contributed by atoms with Crippen LogP contribution in [-0.2, 0) is 11.3 Å². The smallest absolute Gasteiger partial charge is 0.267 e. The monoisotopic (exact) mass is 361 g/mol. The molecule has 2 aromatic rings. The van der Waals surface area contributed by atoms with Crippen LogP contribution in [0.3, 0.4) is 0 Å². The van der Waals surface area contributed by atoms with Gasteiger partial charge in [-0.15, -0.1) is 0 Å². The molecule has 8 nitrogen and oxygen atoms in total. The van der Waals surface area contributed by atoms with E-state index < -0.39 is 5.91 Å². The van der Waals surface area contributed by atoms with Crippen molar-refractivity contribution >= 4 is 28.3 Å². The van der Waals surface area contributed by atoms with Gasteiger partial charge >= 0.3 is 0 Å². The van der Waals surface area contributed by atoms with E-state index in [1.807, 2.05) is 0 Å². The van der Waals surface area contributed by atoms with Gasteiger partial charge in [-0.2, -0.15) is 5.10 Å². The number of aromatic nitrogens is 3. The van der Waals surface area contributed by atoms with E-state index in [-0.39, 0.29) is 18.0 Å². The minimum Gasteiger partial charge on any atom is -0.344 e. The first-order chi connectivity index (χ1) is 11.8. The highest BCUT2D eigenvalue weighted by Crippen LogP contribution is 2.38. The Labute approximate surface area is 148 Å². The van der Waals surface area contributed by atoms with Gasteiger partial charge < -0.3 is 10.2 Å². The summed E-state index contributed by atoms with van der Waals surface area (Å²) in [5, 5.41) is 7.22. The lowest BCUT2D eigenvalue weighted by molar-refractivity contribution is -0.117. The summed E-state index contributed by atoms with van der Waals surface area (Å²) in [4.78, 5) is 42.3. The van der Waals surface area contributed by atoms with Crippen LogP contribution in [0.5, 0.6) is 0 Å². The predicted molar refractivity (Wildman–Crippen MR) is 94.0 cm³/mol. The van der Waals surface area contributed by atoms with Gasteiger partial charge in [0.15, 0.2) is 5.13 Å². The van der Waals surface area contributed by atoms with Crippen molar-refractivity contribution in [3.63, 3.8) is 0 Å². The Hall–Kier alpha value is -2.55. The number of thiazole rings is 1. The molecule has 0 saturated heterocycles. The summed E-state index contributed by atoms with van der Waals surface area (Å²) in [6, 6.07) is 3.16. The fourth-order valence-electron chi connectivity index (χ4n) is 2.32. The number of rotatable bonds is 5. The first-order valence-electron chi connectivity index (χ1n) is 7.92. The number of carbonyl (C=O) groups is 2. The SMILES string of the molecule is Cc1nc(NC(=O)Cn2nc(C3CC3)ccc2=O)sc1C(=O)N(C)C. The quantitative estimate of drug-likeness (QED) is 0.864. The Bertz CT molecular complexity index is 882. The molecule has 1 saturated carbocycles. The Kier molecular flexibility index (Phi) is 4.67. The molecule has 25 heavy (non-hydrogen) atoms. The zero-order valence-electron chi connectivity index (χ0n) is 14.3. The van der Waals surface area contributed by atoms with Gasteiger partial charge in [0.05, 0.1) is 11.4 Å². The van der Waals surface area contributed by atoms with Crippen LogP contribution in [0.4, 0.5) is 5.13 Å². The second-order valence-corrected chi connectivity index (χ2v) is 7.21. The summed E-state index contributed by atoms with van der Waals surface area (Å²) >= 11 is 1.12. The Morgan fingerprint density at radius 1 is 1.36 bits per heavy atom. The fourth-order valence-corrected chi connectivity index (χ4v) is 3.33. The van der Waals surface area contributed by atoms with E-state index in [0.717, 1.165) is 34.6 Å². The van der Waals surface area contributed by atoms with Gasteiger partial charge in [0, 0.05) is 26.1 Å². The van der Waals surface area contributed by atoms with Crippen molar-refractivity contribution in [2.24, 2.45) is 0 Å². The van der Waals surface area contributed by atoms with E-state index in [1.165, 1.54) is 11.0 Å². The van der Waals surface area contributed by atoms with Crippen molar-refractivity contribution in [1.82, 2.24) is 19.7 Å². The third-order valence-electron chi connectivity index (χ3n) is 3.82. The molecule has 1 aliphatic rings. The van der Waals surface area contributed by atoms with Gasteiger partial charge in [0.25, 0.3) is 11.5 Å². The Morgan fingerprint density at radius 2 is 2.08 bits per heavy atom. The highest BCUT2D eigenvalue weighted by molar-refractivity contribution is 7.17. The number of amides is 2. The van der Waals surface area contributed by atoms with Crippen LogP contribution in [0.2, 0.25) is 0 Å². The van der Waals surface area contributed by atoms with Crippen LogP contribution in [-0.4, -0.2) is 45.6 Å². The maximum absolute atomic E-state index is 12.2. The number of nitrogens with zero attached hydrogens (tertiary/aromatic N) is 4. The maximum atomic E-state index is 12.2. The highest BCUT2D eigenvalue weighted by atomic mass is 32.1. The van der Waals surface area contributed by atoms with Crippen molar-refractivity contribution in [1.29, 1.82) is 0 Å². The zero-order valence-corrected chi connectivity index (χ0v) is 15.1. The van der Waals surface area contributed by atoms with Crippen LogP contribution >= 0.6 is 11.3 Å². The van der Waals surface area contributed by atoms with E-state index in [4.69, 9.17) is 0 Å². The summed E-state index contributed by atoms with van der Waals surface area (Å²) < 4.78 is 1.16. The van der Waals surface area contributed by atoms with Crippen molar-refractivity contribution in [3.8, 4) is 0 Å². The minimum absolute atomic E-state index is 0.162. The average Bonchev–Trinajstić information content (AvgIpc) is 3.33. The van der Waals surface area contributed by atoms with E-state index in [0.29, 0.717) is 21.6 Å². The van der Waals surface area contributed by atoms with Crippen LogP contribution < -0.4 is 10.9 Å². The number of carbonyl (C=O) groups excluding carboxylic acids is 2. The van der Waals surface area contributed by atoms with Gasteiger partial charge in [-0.1, -0.05) is 11.3 Å². The van der Waals surface area contributed by atoms with Gasteiger partial charge in [0.2, 0.25) is 5.91 Å². The molecule has 2 amide bonds. The number of aryl methyl sites for hydroxylation is 1. The molecule has 0 aliphatic heterocycles. The first kappa shape index (κ1) is 17.3. The minimum atomic E-state index is -0.403. The molecule has 1 fully saturated rings. The number of hydrogen-bond acceptors (Lipinski definition) is 6. The van der Waals surface area contributed by atoms with Crippen molar-refractivity contribution < 1.29 is 9.59 Å². The molecule has 0 atom stereocenters. The lowest BCUT2D eigenvalue weighted by atomic mass is 10.3. The lowest BCUT2D eigenvalue weighted by Gasteiger charge is -2.07. The van der Waals surface area contributed by atoms with Crippen molar-refractivity contribution in [2.45, 2.75) is 32.2 Å². The van der Waals surface area contributed by atoms with E-state index in [9.17, 15) is 14.4 Å². The van der Waals surface area contributed by atoms with Crippen LogP contribution in [0, 0.1) is 6.92 Å². The first-order valence-corrected chi connectivity index (χ1v) is 8.74. The molecule has 0 aromatic carbocycles. The highest BCUT2D eigenvalue weighted by Gasteiger charge is 2.26. The molecule has 2 aromatic heterocycles. The molecule has 132 valence electrons. The van der Waals surface area contributed by atoms with E-state index >= 15 is 0 Å². The fraction of sp³-hybridized carbons (Fsp3) is 0.438. The second kappa shape index (κ2) is 6.75. The third kappa shape index (κ3) is 3.93. The number of hydrogen-bond donors (Lipinski definition) is 1. The topological polar surface area (TPSA) is 97.2 Å².